The largest absolute Gasteiger partial charge is 0.494 e. The molecule has 29 heavy (non-hydrogen) atoms. The van der Waals surface area contributed by atoms with Gasteiger partial charge in [0.25, 0.3) is 6.20 Å². The summed E-state index contributed by atoms with van der Waals surface area (Å²) in [5, 5.41) is 6.44. The van der Waals surface area contributed by atoms with Crippen molar-refractivity contribution in [2.45, 2.75) is 71.8 Å². The van der Waals surface area contributed by atoms with E-state index in [0.29, 0.717) is 6.54 Å². The van der Waals surface area contributed by atoms with Crippen LogP contribution in [0.3, 0.4) is 0 Å². The molecule has 2 heterocycles. The Labute approximate surface area is 171 Å². The highest BCUT2D eigenvalue weighted by molar-refractivity contribution is 6.62. The van der Waals surface area contributed by atoms with Crippen LogP contribution in [-0.2, 0) is 20.6 Å². The van der Waals surface area contributed by atoms with Gasteiger partial charge in [-0.2, -0.15) is 0 Å². The van der Waals surface area contributed by atoms with E-state index >= 15 is 0 Å². The number of ether oxygens (including phenoxy) is 1. The minimum atomic E-state index is -0.590. The van der Waals surface area contributed by atoms with Gasteiger partial charge in [-0.1, -0.05) is 24.3 Å². The Morgan fingerprint density at radius 3 is 2.28 bits per heavy atom. The van der Waals surface area contributed by atoms with Gasteiger partial charge in [-0.05, 0) is 58.6 Å². The molecule has 1 saturated heterocycles. The van der Waals surface area contributed by atoms with Crippen LogP contribution in [0.25, 0.3) is 0 Å². The highest BCUT2D eigenvalue weighted by Crippen LogP contribution is 2.36. The molecule has 9 heteroatoms. The lowest BCUT2D eigenvalue weighted by molar-refractivity contribution is -0.754. The van der Waals surface area contributed by atoms with E-state index in [9.17, 15) is 4.79 Å². The first-order chi connectivity index (χ1) is 13.3. The average Bonchev–Trinajstić information content (AvgIpc) is 3.07. The number of aromatic nitrogens is 2. The number of benzene rings is 1. The van der Waals surface area contributed by atoms with Crippen LogP contribution >= 0.6 is 0 Å². The Morgan fingerprint density at radius 2 is 1.72 bits per heavy atom. The van der Waals surface area contributed by atoms with Crippen LogP contribution < -0.4 is 15.5 Å². The van der Waals surface area contributed by atoms with Gasteiger partial charge in [-0.25, -0.2) is 4.79 Å². The number of nitrogens with zero attached hydrogens (tertiary/aromatic N) is 2. The summed E-state index contributed by atoms with van der Waals surface area (Å²) in [7, 11) is -0.390. The highest BCUT2D eigenvalue weighted by atomic mass is 16.7. The molecule has 0 atom stereocenters. The number of nitrogens with one attached hydrogen (secondary N) is 1. The third-order valence-corrected chi connectivity index (χ3v) is 4.98. The standard InChI is InChI=1S/C20H28BN3O5/c1-18(2,3)26-17(25)22-16-13-24(23-27-16)12-14-8-10-15(11-9-14)21-28-19(4,5)20(6,7)29-21/h8-11,13H,12H2,1-7H3/p+1. The zero-order valence-electron chi connectivity index (χ0n) is 18.1. The van der Waals surface area contributed by atoms with Crippen LogP contribution in [0.15, 0.2) is 35.0 Å². The maximum absolute atomic E-state index is 11.8. The molecule has 0 bridgehead atoms. The van der Waals surface area contributed by atoms with Crippen LogP contribution in [0.4, 0.5) is 10.7 Å². The molecular weight excluding hydrogens is 373 g/mol. The molecule has 1 amide bonds. The van der Waals surface area contributed by atoms with Gasteiger partial charge < -0.3 is 14.0 Å². The molecule has 1 aliphatic rings. The number of hydrogen-bond donors (Lipinski definition) is 1. The lowest BCUT2D eigenvalue weighted by Gasteiger charge is -2.32. The molecular formula is C20H29BN3O5+. The fourth-order valence-corrected chi connectivity index (χ4v) is 2.76. The maximum Gasteiger partial charge on any atom is 0.494 e. The van der Waals surface area contributed by atoms with Crippen LogP contribution in [0.2, 0.25) is 0 Å². The number of carbonyl (C=O) groups excluding carboxylic acids is 1. The first-order valence-electron chi connectivity index (χ1n) is 9.66. The number of rotatable bonds is 4. The summed E-state index contributed by atoms with van der Waals surface area (Å²) in [4.78, 5) is 11.8. The molecule has 3 rings (SSSR count). The zero-order valence-corrected chi connectivity index (χ0v) is 18.1. The predicted molar refractivity (Wildman–Crippen MR) is 108 cm³/mol. The van der Waals surface area contributed by atoms with E-state index < -0.39 is 18.8 Å². The number of amides is 1. The van der Waals surface area contributed by atoms with E-state index in [1.807, 2.05) is 52.0 Å². The minimum absolute atomic E-state index is 0.216. The summed E-state index contributed by atoms with van der Waals surface area (Å²) in [5.74, 6) is 0.216. The fourth-order valence-electron chi connectivity index (χ4n) is 2.76. The molecule has 1 N–H and O–H groups in total. The van der Waals surface area contributed by atoms with Gasteiger partial charge in [0.2, 0.25) is 11.8 Å². The van der Waals surface area contributed by atoms with Gasteiger partial charge in [-0.3, -0.25) is 9.84 Å². The number of hydrogen-bond acceptors (Lipinski definition) is 6. The van der Waals surface area contributed by atoms with E-state index in [1.54, 1.807) is 31.6 Å². The predicted octanol–water partition coefficient (Wildman–Crippen LogP) is 2.66. The van der Waals surface area contributed by atoms with Crippen LogP contribution in [-0.4, -0.2) is 35.3 Å². The SMILES string of the molecule is CC(C)(C)OC(=O)Nc1c[n+](Cc2ccc(B3OC(C)(C)C(C)(C)O3)cc2)no1. The quantitative estimate of drug-likeness (QED) is 0.625. The Kier molecular flexibility index (Phi) is 5.49. The lowest BCUT2D eigenvalue weighted by Crippen LogP contribution is -2.41. The fraction of sp³-hybridized carbons (Fsp3) is 0.550. The Balaban J connectivity index is 1.60. The van der Waals surface area contributed by atoms with Crippen molar-refractivity contribution < 1.29 is 28.0 Å². The van der Waals surface area contributed by atoms with Crippen molar-refractivity contribution in [3.63, 3.8) is 0 Å². The molecule has 0 aliphatic carbocycles. The third-order valence-electron chi connectivity index (χ3n) is 4.98. The Morgan fingerprint density at radius 1 is 1.14 bits per heavy atom. The summed E-state index contributed by atoms with van der Waals surface area (Å²) in [6.07, 6.45) is 1.01. The highest BCUT2D eigenvalue weighted by Gasteiger charge is 2.51. The molecule has 1 aliphatic heterocycles. The first kappa shape index (κ1) is 21.3. The first-order valence-corrected chi connectivity index (χ1v) is 9.66. The molecule has 1 aromatic heterocycles. The third kappa shape index (κ3) is 5.16. The average molecular weight is 402 g/mol. The Bertz CT molecular complexity index is 855. The topological polar surface area (TPSA) is 86.7 Å². The lowest BCUT2D eigenvalue weighted by atomic mass is 9.79. The second kappa shape index (κ2) is 7.46. The van der Waals surface area contributed by atoms with Crippen molar-refractivity contribution in [3.05, 3.63) is 36.0 Å². The van der Waals surface area contributed by atoms with E-state index in [-0.39, 0.29) is 17.1 Å². The van der Waals surface area contributed by atoms with E-state index in [1.165, 1.54) is 0 Å². The van der Waals surface area contributed by atoms with Gasteiger partial charge in [0.15, 0.2) is 0 Å². The van der Waals surface area contributed by atoms with Crippen LogP contribution in [0.5, 0.6) is 0 Å². The van der Waals surface area contributed by atoms with Gasteiger partial charge >= 0.3 is 19.1 Å². The normalized spacial score (nSPS) is 18.0. The van der Waals surface area contributed by atoms with Crippen molar-refractivity contribution >= 4 is 24.6 Å². The molecule has 156 valence electrons. The summed E-state index contributed by atoms with van der Waals surface area (Å²) in [6, 6.07) is 7.95. The second-order valence-corrected chi connectivity index (χ2v) is 9.22. The van der Waals surface area contributed by atoms with Crippen molar-refractivity contribution in [2.24, 2.45) is 0 Å². The summed E-state index contributed by atoms with van der Waals surface area (Å²) >= 11 is 0. The van der Waals surface area contributed by atoms with Crippen LogP contribution in [0.1, 0.15) is 54.0 Å². The molecule has 0 radical (unpaired) electrons. The Hall–Kier alpha value is -2.39. The van der Waals surface area contributed by atoms with E-state index in [4.69, 9.17) is 18.6 Å². The van der Waals surface area contributed by atoms with Gasteiger partial charge in [0.05, 0.1) is 11.2 Å². The molecule has 0 saturated carbocycles. The van der Waals surface area contributed by atoms with Gasteiger partial charge in [0, 0.05) is 5.56 Å². The molecule has 0 unspecified atom stereocenters. The smallest absolute Gasteiger partial charge is 0.444 e. The van der Waals surface area contributed by atoms with E-state index in [2.05, 4.69) is 10.6 Å². The summed E-state index contributed by atoms with van der Waals surface area (Å²) < 4.78 is 24.1. The van der Waals surface area contributed by atoms with Crippen LogP contribution in [0, 0.1) is 0 Å². The zero-order chi connectivity index (χ0) is 21.4. The minimum Gasteiger partial charge on any atom is -0.444 e. The van der Waals surface area contributed by atoms with Crippen molar-refractivity contribution in [1.29, 1.82) is 0 Å². The molecule has 0 spiro atoms. The van der Waals surface area contributed by atoms with E-state index in [0.717, 1.165) is 11.0 Å². The molecule has 1 fully saturated rings. The molecule has 2 aromatic rings. The monoisotopic (exact) mass is 402 g/mol. The van der Waals surface area contributed by atoms with Crippen molar-refractivity contribution in [1.82, 2.24) is 5.27 Å². The summed E-state index contributed by atoms with van der Waals surface area (Å²) in [5.41, 5.74) is 0.658. The number of anilines is 1. The summed E-state index contributed by atoms with van der Waals surface area (Å²) in [6.45, 7) is 14.0. The molecule has 8 nitrogen and oxygen atoms in total. The maximum atomic E-state index is 11.8. The van der Waals surface area contributed by atoms with Gasteiger partial charge in [0.1, 0.15) is 5.60 Å². The number of carbonyl (C=O) groups is 1. The molecule has 1 aromatic carbocycles. The van der Waals surface area contributed by atoms with Crippen molar-refractivity contribution in [3.8, 4) is 0 Å². The van der Waals surface area contributed by atoms with Gasteiger partial charge in [-0.15, -0.1) is 0 Å². The second-order valence-electron chi connectivity index (χ2n) is 9.22. The van der Waals surface area contributed by atoms with Crippen molar-refractivity contribution in [2.75, 3.05) is 5.32 Å².